The lowest BCUT2D eigenvalue weighted by Gasteiger charge is -2.31. The number of nitrogens with two attached hydrogens (primary N) is 1. The van der Waals surface area contributed by atoms with Crippen LogP contribution >= 0.6 is 0 Å². The number of aromatic nitrogens is 1. The van der Waals surface area contributed by atoms with Gasteiger partial charge in [0.2, 0.25) is 0 Å². The number of esters is 1. The van der Waals surface area contributed by atoms with Crippen LogP contribution < -0.4 is 10.6 Å². The Morgan fingerprint density at radius 2 is 2.26 bits per heavy atom. The van der Waals surface area contributed by atoms with Gasteiger partial charge in [0.05, 0.1) is 24.6 Å². The number of rotatable bonds is 3. The number of pyridine rings is 1. The van der Waals surface area contributed by atoms with Crippen LogP contribution in [0.15, 0.2) is 12.3 Å². The highest BCUT2D eigenvalue weighted by atomic mass is 16.5. The number of aliphatic hydroxyl groups excluding tert-OH is 1. The Morgan fingerprint density at radius 3 is 2.89 bits per heavy atom. The van der Waals surface area contributed by atoms with E-state index in [1.807, 2.05) is 4.90 Å². The van der Waals surface area contributed by atoms with Crippen molar-refractivity contribution >= 4 is 17.5 Å². The Hall–Kier alpha value is -1.82. The number of ether oxygens (including phenoxy) is 1. The Bertz CT molecular complexity index is 456. The molecule has 0 unspecified atom stereocenters. The molecule has 19 heavy (non-hydrogen) atoms. The number of aliphatic hydroxyl groups is 1. The molecular formula is C13H19N3O3. The summed E-state index contributed by atoms with van der Waals surface area (Å²) in [7, 11) is 0. The van der Waals surface area contributed by atoms with Crippen LogP contribution in [0.3, 0.4) is 0 Å². The molecule has 0 atom stereocenters. The zero-order chi connectivity index (χ0) is 13.8. The molecule has 1 aliphatic heterocycles. The summed E-state index contributed by atoms with van der Waals surface area (Å²) in [6, 6.07) is 1.59. The molecule has 2 rings (SSSR count). The van der Waals surface area contributed by atoms with Crippen LogP contribution in [0.25, 0.3) is 0 Å². The van der Waals surface area contributed by atoms with E-state index >= 15 is 0 Å². The van der Waals surface area contributed by atoms with Gasteiger partial charge in [-0.15, -0.1) is 0 Å². The highest BCUT2D eigenvalue weighted by molar-refractivity contribution is 5.95. The minimum atomic E-state index is -0.413. The van der Waals surface area contributed by atoms with Crippen LogP contribution in [0.4, 0.5) is 11.5 Å². The summed E-state index contributed by atoms with van der Waals surface area (Å²) in [6.07, 6.45) is 2.61. The van der Waals surface area contributed by atoms with Gasteiger partial charge < -0.3 is 20.5 Å². The van der Waals surface area contributed by atoms with Crippen molar-refractivity contribution in [2.45, 2.75) is 25.9 Å². The third kappa shape index (κ3) is 3.14. The molecular weight excluding hydrogens is 246 g/mol. The maximum atomic E-state index is 11.9. The summed E-state index contributed by atoms with van der Waals surface area (Å²) in [4.78, 5) is 18.2. The first-order valence-corrected chi connectivity index (χ1v) is 6.47. The zero-order valence-corrected chi connectivity index (χ0v) is 11.0. The van der Waals surface area contributed by atoms with Crippen LogP contribution in [0.1, 0.15) is 30.1 Å². The van der Waals surface area contributed by atoms with Crippen molar-refractivity contribution in [2.24, 2.45) is 0 Å². The number of anilines is 2. The van der Waals surface area contributed by atoms with Crippen LogP contribution in [-0.4, -0.2) is 41.9 Å². The third-order valence-electron chi connectivity index (χ3n) is 3.15. The number of nitrogens with zero attached hydrogens (tertiary/aromatic N) is 2. The summed E-state index contributed by atoms with van der Waals surface area (Å²) in [5, 5.41) is 9.52. The standard InChI is InChI=1S/C13H19N3O3/c1-2-19-13(18)11-7-9(14)8-15-12(11)16-5-3-10(17)4-6-16/h7-8,10,17H,2-6,14H2,1H3. The SMILES string of the molecule is CCOC(=O)c1cc(N)cnc1N1CCC(O)CC1. The van der Waals surface area contributed by atoms with E-state index in [0.29, 0.717) is 49.6 Å². The fourth-order valence-electron chi connectivity index (χ4n) is 2.16. The molecule has 1 aliphatic rings. The Morgan fingerprint density at radius 1 is 1.58 bits per heavy atom. The molecule has 0 spiro atoms. The molecule has 0 bridgehead atoms. The van der Waals surface area contributed by atoms with Crippen molar-refractivity contribution in [3.63, 3.8) is 0 Å². The molecule has 0 amide bonds. The lowest BCUT2D eigenvalue weighted by molar-refractivity contribution is 0.0526. The first-order valence-electron chi connectivity index (χ1n) is 6.47. The summed E-state index contributed by atoms with van der Waals surface area (Å²) in [5.41, 5.74) is 6.51. The number of carbonyl (C=O) groups is 1. The largest absolute Gasteiger partial charge is 0.462 e. The molecule has 0 aliphatic carbocycles. The van der Waals surface area contributed by atoms with Crippen molar-refractivity contribution in [3.05, 3.63) is 17.8 Å². The van der Waals surface area contributed by atoms with Gasteiger partial charge in [0.1, 0.15) is 11.4 Å². The number of hydrogen-bond donors (Lipinski definition) is 2. The van der Waals surface area contributed by atoms with Gasteiger partial charge in [0.15, 0.2) is 0 Å². The average molecular weight is 265 g/mol. The van der Waals surface area contributed by atoms with Crippen molar-refractivity contribution in [1.82, 2.24) is 4.98 Å². The fraction of sp³-hybridized carbons (Fsp3) is 0.538. The van der Waals surface area contributed by atoms with E-state index in [0.717, 1.165) is 0 Å². The third-order valence-corrected chi connectivity index (χ3v) is 3.15. The molecule has 0 saturated carbocycles. The topological polar surface area (TPSA) is 88.7 Å². The molecule has 2 heterocycles. The predicted octanol–water partition coefficient (Wildman–Crippen LogP) is 0.802. The molecule has 1 aromatic rings. The fourth-order valence-corrected chi connectivity index (χ4v) is 2.16. The second kappa shape index (κ2) is 5.88. The molecule has 6 nitrogen and oxygen atoms in total. The van der Waals surface area contributed by atoms with Crippen LogP contribution in [0.5, 0.6) is 0 Å². The number of hydrogen-bond acceptors (Lipinski definition) is 6. The highest BCUT2D eigenvalue weighted by Crippen LogP contribution is 2.24. The Kier molecular flexibility index (Phi) is 4.21. The van der Waals surface area contributed by atoms with Gasteiger partial charge in [-0.05, 0) is 25.8 Å². The first kappa shape index (κ1) is 13.6. The molecule has 1 aromatic heterocycles. The first-order chi connectivity index (χ1) is 9.11. The minimum Gasteiger partial charge on any atom is -0.462 e. The molecule has 104 valence electrons. The van der Waals surface area contributed by atoms with Gasteiger partial charge in [-0.2, -0.15) is 0 Å². The predicted molar refractivity (Wildman–Crippen MR) is 72.1 cm³/mol. The van der Waals surface area contributed by atoms with E-state index in [9.17, 15) is 9.90 Å². The second-order valence-corrected chi connectivity index (χ2v) is 4.58. The van der Waals surface area contributed by atoms with Crippen molar-refractivity contribution in [3.8, 4) is 0 Å². The minimum absolute atomic E-state index is 0.268. The lowest BCUT2D eigenvalue weighted by Crippen LogP contribution is -2.37. The van der Waals surface area contributed by atoms with Gasteiger partial charge in [-0.3, -0.25) is 0 Å². The molecule has 1 saturated heterocycles. The van der Waals surface area contributed by atoms with Crippen LogP contribution in [-0.2, 0) is 4.74 Å². The van der Waals surface area contributed by atoms with Crippen LogP contribution in [0.2, 0.25) is 0 Å². The number of carbonyl (C=O) groups excluding carboxylic acids is 1. The molecule has 0 aromatic carbocycles. The zero-order valence-electron chi connectivity index (χ0n) is 11.0. The summed E-state index contributed by atoms with van der Waals surface area (Å²) in [6.45, 7) is 3.41. The number of piperidine rings is 1. The normalized spacial score (nSPS) is 16.4. The van der Waals surface area contributed by atoms with Gasteiger partial charge in [0, 0.05) is 13.1 Å². The van der Waals surface area contributed by atoms with E-state index < -0.39 is 5.97 Å². The second-order valence-electron chi connectivity index (χ2n) is 4.58. The lowest BCUT2D eigenvalue weighted by atomic mass is 10.1. The Labute approximate surface area is 112 Å². The van der Waals surface area contributed by atoms with E-state index in [4.69, 9.17) is 10.5 Å². The molecule has 0 radical (unpaired) electrons. The molecule has 1 fully saturated rings. The van der Waals surface area contributed by atoms with Crippen molar-refractivity contribution in [1.29, 1.82) is 0 Å². The van der Waals surface area contributed by atoms with Gasteiger partial charge in [-0.25, -0.2) is 9.78 Å². The summed E-state index contributed by atoms with van der Waals surface area (Å²) >= 11 is 0. The Balaban J connectivity index is 2.26. The average Bonchev–Trinajstić information content (AvgIpc) is 2.40. The maximum Gasteiger partial charge on any atom is 0.341 e. The van der Waals surface area contributed by atoms with Gasteiger partial charge in [-0.1, -0.05) is 0 Å². The van der Waals surface area contributed by atoms with E-state index in [1.165, 1.54) is 6.20 Å². The van der Waals surface area contributed by atoms with Crippen molar-refractivity contribution < 1.29 is 14.6 Å². The quantitative estimate of drug-likeness (QED) is 0.786. The highest BCUT2D eigenvalue weighted by Gasteiger charge is 2.23. The molecule has 6 heteroatoms. The van der Waals surface area contributed by atoms with E-state index in [1.54, 1.807) is 13.0 Å². The number of nitrogen functional groups attached to an aromatic ring is 1. The smallest absolute Gasteiger partial charge is 0.341 e. The van der Waals surface area contributed by atoms with Crippen LogP contribution in [0, 0.1) is 0 Å². The van der Waals surface area contributed by atoms with Gasteiger partial charge in [0.25, 0.3) is 0 Å². The maximum absolute atomic E-state index is 11.9. The van der Waals surface area contributed by atoms with E-state index in [2.05, 4.69) is 4.98 Å². The summed E-state index contributed by atoms with van der Waals surface area (Å²) in [5.74, 6) is 0.169. The van der Waals surface area contributed by atoms with E-state index in [-0.39, 0.29) is 6.10 Å². The van der Waals surface area contributed by atoms with Gasteiger partial charge >= 0.3 is 5.97 Å². The van der Waals surface area contributed by atoms with Crippen molar-refractivity contribution in [2.75, 3.05) is 30.3 Å². The summed E-state index contributed by atoms with van der Waals surface area (Å²) < 4.78 is 5.02. The molecule has 3 N–H and O–H groups in total. The monoisotopic (exact) mass is 265 g/mol.